The molecule has 3 aliphatic carbocycles. The van der Waals surface area contributed by atoms with Crippen LogP contribution in [0.5, 0.6) is 0 Å². The highest BCUT2D eigenvalue weighted by molar-refractivity contribution is 5.84. The molecule has 2 saturated carbocycles. The second kappa shape index (κ2) is 5.26. The van der Waals surface area contributed by atoms with E-state index < -0.39 is 0 Å². The van der Waals surface area contributed by atoms with Gasteiger partial charge in [-0.1, -0.05) is 25.5 Å². The Kier molecular flexibility index (Phi) is 3.71. The molecule has 0 amide bonds. The van der Waals surface area contributed by atoms with Crippen molar-refractivity contribution in [1.82, 2.24) is 0 Å². The predicted molar refractivity (Wildman–Crippen MR) is 80.6 cm³/mol. The highest BCUT2D eigenvalue weighted by Crippen LogP contribution is 2.56. The van der Waals surface area contributed by atoms with Gasteiger partial charge in [0.2, 0.25) is 0 Å². The van der Waals surface area contributed by atoms with Gasteiger partial charge in [-0.2, -0.15) is 0 Å². The zero-order valence-corrected chi connectivity index (χ0v) is 13.4. The van der Waals surface area contributed by atoms with Crippen LogP contribution in [-0.4, -0.2) is 17.9 Å². The van der Waals surface area contributed by atoms with Gasteiger partial charge in [0, 0.05) is 25.2 Å². The molecule has 2 fully saturated rings. The molecule has 0 spiro atoms. The van der Waals surface area contributed by atoms with Gasteiger partial charge in [0.1, 0.15) is 11.9 Å². The highest BCUT2D eigenvalue weighted by atomic mass is 16.5. The number of hydrogen-bond acceptors (Lipinski definition) is 3. The monoisotopic (exact) mass is 290 g/mol. The molecule has 0 aliphatic heterocycles. The molecule has 0 bridgehead atoms. The predicted octanol–water partition coefficient (Wildman–Crippen LogP) is 3.67. The van der Waals surface area contributed by atoms with Crippen molar-refractivity contribution < 1.29 is 14.3 Å². The molecule has 0 aromatic heterocycles. The van der Waals surface area contributed by atoms with Crippen molar-refractivity contribution in [2.24, 2.45) is 23.2 Å². The number of ether oxygens (including phenoxy) is 1. The molecule has 21 heavy (non-hydrogen) atoms. The van der Waals surface area contributed by atoms with Crippen LogP contribution in [0, 0.1) is 23.2 Å². The van der Waals surface area contributed by atoms with E-state index in [9.17, 15) is 9.59 Å². The second-order valence-electron chi connectivity index (χ2n) is 7.45. The molecule has 5 atom stereocenters. The molecular formula is C18H26O3. The second-order valence-corrected chi connectivity index (χ2v) is 7.45. The van der Waals surface area contributed by atoms with E-state index in [1.165, 1.54) is 18.9 Å². The summed E-state index contributed by atoms with van der Waals surface area (Å²) in [7, 11) is 0. The number of carbonyl (C=O) groups is 2. The zero-order valence-electron chi connectivity index (χ0n) is 13.4. The summed E-state index contributed by atoms with van der Waals surface area (Å²) in [5.74, 6) is 1.26. The first-order chi connectivity index (χ1) is 9.91. The lowest BCUT2D eigenvalue weighted by atomic mass is 9.52. The lowest BCUT2D eigenvalue weighted by Gasteiger charge is -2.52. The molecule has 0 N–H and O–H groups in total. The van der Waals surface area contributed by atoms with E-state index in [4.69, 9.17) is 4.74 Å². The summed E-state index contributed by atoms with van der Waals surface area (Å²) in [6.45, 7) is 5.90. The van der Waals surface area contributed by atoms with Crippen LogP contribution in [0.15, 0.2) is 11.6 Å². The third-order valence-electron chi connectivity index (χ3n) is 6.18. The summed E-state index contributed by atoms with van der Waals surface area (Å²) in [5, 5.41) is 0. The summed E-state index contributed by atoms with van der Waals surface area (Å²) in [4.78, 5) is 23.7. The molecule has 0 radical (unpaired) electrons. The van der Waals surface area contributed by atoms with Gasteiger partial charge in [-0.25, -0.2) is 0 Å². The number of rotatable bonds is 1. The van der Waals surface area contributed by atoms with Crippen molar-refractivity contribution in [3.63, 3.8) is 0 Å². The van der Waals surface area contributed by atoms with Crippen LogP contribution >= 0.6 is 0 Å². The largest absolute Gasteiger partial charge is 0.462 e. The van der Waals surface area contributed by atoms with E-state index >= 15 is 0 Å². The maximum Gasteiger partial charge on any atom is 0.302 e. The Bertz CT molecular complexity index is 493. The molecule has 0 heterocycles. The molecule has 0 aromatic rings. The lowest BCUT2D eigenvalue weighted by molar-refractivity contribution is -0.148. The Balaban J connectivity index is 1.82. The van der Waals surface area contributed by atoms with Crippen molar-refractivity contribution in [2.75, 3.05) is 0 Å². The number of Topliss-reactive ketones (excluding diaryl/α,β-unsaturated/α-hetero) is 1. The Morgan fingerprint density at radius 2 is 2.10 bits per heavy atom. The maximum atomic E-state index is 12.5. The van der Waals surface area contributed by atoms with Gasteiger partial charge in [0.05, 0.1) is 0 Å². The van der Waals surface area contributed by atoms with Gasteiger partial charge in [-0.3, -0.25) is 9.59 Å². The van der Waals surface area contributed by atoms with E-state index in [1.54, 1.807) is 0 Å². The third-order valence-corrected chi connectivity index (χ3v) is 6.18. The van der Waals surface area contributed by atoms with Crippen molar-refractivity contribution in [1.29, 1.82) is 0 Å². The summed E-state index contributed by atoms with van der Waals surface area (Å²) in [6, 6.07) is 0. The Labute approximate surface area is 127 Å². The van der Waals surface area contributed by atoms with Gasteiger partial charge < -0.3 is 4.74 Å². The van der Waals surface area contributed by atoms with E-state index in [2.05, 4.69) is 19.9 Å². The summed E-state index contributed by atoms with van der Waals surface area (Å²) in [6.07, 6.45) is 8.26. The SMILES string of the molecule is CC(=O)O[C@@H]1CC[C@@]2(C)C(=CC[C@@H]3C(=O)[C@@H](C)CC[C@@H]32)C1. The first-order valence-corrected chi connectivity index (χ1v) is 8.32. The molecule has 0 saturated heterocycles. The number of fused-ring (bicyclic) bond motifs is 3. The minimum atomic E-state index is -0.181. The standard InChI is InChI=1S/C18H26O3/c1-11-4-7-16-15(17(11)20)6-5-13-10-14(21-12(2)19)8-9-18(13,16)3/h5,11,14-16H,4,6-10H2,1-3H3/t11-,14+,15-,16-,18-/m0/s1. The van der Waals surface area contributed by atoms with Crippen LogP contribution in [0.2, 0.25) is 0 Å². The zero-order chi connectivity index (χ0) is 15.2. The number of esters is 1. The molecule has 0 aromatic carbocycles. The Hall–Kier alpha value is -1.12. The van der Waals surface area contributed by atoms with Crippen molar-refractivity contribution in [3.8, 4) is 0 Å². The highest BCUT2D eigenvalue weighted by Gasteiger charge is 2.51. The van der Waals surface area contributed by atoms with Crippen molar-refractivity contribution >= 4 is 11.8 Å². The number of allylic oxidation sites excluding steroid dienone is 1. The topological polar surface area (TPSA) is 43.4 Å². The number of ketones is 1. The summed E-state index contributed by atoms with van der Waals surface area (Å²) < 4.78 is 5.41. The molecular weight excluding hydrogens is 264 g/mol. The first kappa shape index (κ1) is 14.8. The van der Waals surface area contributed by atoms with Crippen LogP contribution in [0.25, 0.3) is 0 Å². The van der Waals surface area contributed by atoms with Crippen molar-refractivity contribution in [3.05, 3.63) is 11.6 Å². The number of hydrogen-bond donors (Lipinski definition) is 0. The molecule has 3 nitrogen and oxygen atoms in total. The van der Waals surface area contributed by atoms with Crippen LogP contribution in [0.4, 0.5) is 0 Å². The quantitative estimate of drug-likeness (QED) is 0.546. The van der Waals surface area contributed by atoms with Gasteiger partial charge >= 0.3 is 5.97 Å². The summed E-state index contributed by atoms with van der Waals surface area (Å²) >= 11 is 0. The summed E-state index contributed by atoms with van der Waals surface area (Å²) in [5.41, 5.74) is 1.58. The van der Waals surface area contributed by atoms with Gasteiger partial charge in [-0.05, 0) is 43.4 Å². The third kappa shape index (κ3) is 2.45. The van der Waals surface area contributed by atoms with Crippen LogP contribution in [0.1, 0.15) is 59.3 Å². The minimum Gasteiger partial charge on any atom is -0.462 e. The number of carbonyl (C=O) groups excluding carboxylic acids is 2. The average molecular weight is 290 g/mol. The van der Waals surface area contributed by atoms with Gasteiger partial charge in [0.15, 0.2) is 0 Å². The molecule has 3 aliphatic rings. The first-order valence-electron chi connectivity index (χ1n) is 8.32. The Morgan fingerprint density at radius 3 is 2.81 bits per heavy atom. The van der Waals surface area contributed by atoms with E-state index in [1.807, 2.05) is 0 Å². The average Bonchev–Trinajstić information content (AvgIpc) is 2.42. The van der Waals surface area contributed by atoms with E-state index in [0.717, 1.165) is 32.1 Å². The van der Waals surface area contributed by atoms with Crippen LogP contribution < -0.4 is 0 Å². The van der Waals surface area contributed by atoms with Crippen LogP contribution in [-0.2, 0) is 14.3 Å². The van der Waals surface area contributed by atoms with Crippen LogP contribution in [0.3, 0.4) is 0 Å². The fourth-order valence-corrected chi connectivity index (χ4v) is 4.93. The molecule has 0 unspecified atom stereocenters. The van der Waals surface area contributed by atoms with Crippen molar-refractivity contribution in [2.45, 2.75) is 65.4 Å². The fourth-order valence-electron chi connectivity index (χ4n) is 4.93. The van der Waals surface area contributed by atoms with E-state index in [0.29, 0.717) is 11.7 Å². The van der Waals surface area contributed by atoms with E-state index in [-0.39, 0.29) is 29.3 Å². The molecule has 3 rings (SSSR count). The minimum absolute atomic E-state index is 0.0385. The normalized spacial score (nSPS) is 42.6. The maximum absolute atomic E-state index is 12.5. The lowest BCUT2D eigenvalue weighted by Crippen LogP contribution is -2.48. The van der Waals surface area contributed by atoms with Gasteiger partial charge in [0.25, 0.3) is 0 Å². The smallest absolute Gasteiger partial charge is 0.302 e. The van der Waals surface area contributed by atoms with Gasteiger partial charge in [-0.15, -0.1) is 0 Å². The Morgan fingerprint density at radius 1 is 1.33 bits per heavy atom. The molecule has 116 valence electrons. The molecule has 3 heteroatoms. The fraction of sp³-hybridized carbons (Fsp3) is 0.778.